The van der Waals surface area contributed by atoms with Crippen molar-refractivity contribution < 1.29 is 0 Å². The third-order valence-corrected chi connectivity index (χ3v) is 2.31. The molecule has 1 aromatic rings. The Morgan fingerprint density at radius 3 is 2.80 bits per heavy atom. The third kappa shape index (κ3) is 4.69. The van der Waals surface area contributed by atoms with Crippen LogP contribution in [0.2, 0.25) is 0 Å². The lowest BCUT2D eigenvalue weighted by molar-refractivity contribution is 0.479. The highest BCUT2D eigenvalue weighted by Crippen LogP contribution is 2.08. The molecule has 0 amide bonds. The maximum atomic E-state index is 4.23. The summed E-state index contributed by atoms with van der Waals surface area (Å²) in [7, 11) is 0. The monoisotopic (exact) mass is 249 g/mol. The molecule has 0 aromatic carbocycles. The van der Waals surface area contributed by atoms with Crippen LogP contribution in [0.15, 0.2) is 24.4 Å². The zero-order chi connectivity index (χ0) is 8.93. The summed E-state index contributed by atoms with van der Waals surface area (Å²) in [6, 6.07) is 6.49. The highest BCUT2D eigenvalue weighted by atomic mass is 35.5. The van der Waals surface area contributed by atoms with Gasteiger partial charge < -0.3 is 10.6 Å². The van der Waals surface area contributed by atoms with Crippen molar-refractivity contribution in [1.29, 1.82) is 0 Å². The number of hydrogen-bond acceptors (Lipinski definition) is 3. The van der Waals surface area contributed by atoms with Crippen LogP contribution in [0.1, 0.15) is 12.8 Å². The van der Waals surface area contributed by atoms with Crippen molar-refractivity contribution in [2.75, 3.05) is 18.4 Å². The molecule has 5 heteroatoms. The summed E-state index contributed by atoms with van der Waals surface area (Å²) >= 11 is 0. The van der Waals surface area contributed by atoms with Gasteiger partial charge in [-0.2, -0.15) is 0 Å². The van der Waals surface area contributed by atoms with Crippen LogP contribution in [0.5, 0.6) is 0 Å². The molecule has 1 aliphatic rings. The molecular weight excluding hydrogens is 233 g/mol. The minimum Gasteiger partial charge on any atom is -0.366 e. The Morgan fingerprint density at radius 1 is 1.33 bits per heavy atom. The maximum Gasteiger partial charge on any atom is 0.126 e. The lowest BCUT2D eigenvalue weighted by atomic mass is 10.1. The second kappa shape index (κ2) is 7.74. The number of hydrogen-bond donors (Lipinski definition) is 2. The van der Waals surface area contributed by atoms with E-state index in [1.54, 1.807) is 0 Å². The predicted octanol–water partition coefficient (Wildman–Crippen LogP) is 2.09. The summed E-state index contributed by atoms with van der Waals surface area (Å²) in [5.74, 6) is 0.983. The number of nitrogens with zero attached hydrogens (tertiary/aromatic N) is 1. The van der Waals surface area contributed by atoms with Crippen molar-refractivity contribution >= 4 is 30.6 Å². The van der Waals surface area contributed by atoms with Gasteiger partial charge in [-0.1, -0.05) is 6.07 Å². The van der Waals surface area contributed by atoms with Gasteiger partial charge in [0.2, 0.25) is 0 Å². The molecule has 0 spiro atoms. The van der Waals surface area contributed by atoms with Gasteiger partial charge in [-0.3, -0.25) is 0 Å². The SMILES string of the molecule is Cl.Cl.c1ccc(N[C@H]2CCCNC2)nc1. The molecule has 0 aliphatic carbocycles. The van der Waals surface area contributed by atoms with Gasteiger partial charge in [0.15, 0.2) is 0 Å². The first kappa shape index (κ1) is 14.5. The van der Waals surface area contributed by atoms with Gasteiger partial charge in [-0.25, -0.2) is 4.98 Å². The van der Waals surface area contributed by atoms with Crippen LogP contribution in [0, 0.1) is 0 Å². The molecule has 1 aliphatic heterocycles. The van der Waals surface area contributed by atoms with Crippen molar-refractivity contribution in [3.05, 3.63) is 24.4 Å². The molecule has 1 fully saturated rings. The highest BCUT2D eigenvalue weighted by molar-refractivity contribution is 5.85. The summed E-state index contributed by atoms with van der Waals surface area (Å²) in [5.41, 5.74) is 0. The average molecular weight is 250 g/mol. The predicted molar refractivity (Wildman–Crippen MR) is 68.2 cm³/mol. The van der Waals surface area contributed by atoms with E-state index in [9.17, 15) is 0 Å². The Hall–Kier alpha value is -0.510. The molecule has 86 valence electrons. The standard InChI is InChI=1S/C10H15N3.2ClH/c1-2-7-12-10(5-1)13-9-4-3-6-11-8-9;;/h1-2,5,7,9,11H,3-4,6,8H2,(H,12,13);2*1H/t9-;;/m0../s1. The second-order valence-electron chi connectivity index (χ2n) is 3.40. The van der Waals surface area contributed by atoms with Gasteiger partial charge in [-0.15, -0.1) is 24.8 Å². The van der Waals surface area contributed by atoms with Crippen molar-refractivity contribution in [1.82, 2.24) is 10.3 Å². The van der Waals surface area contributed by atoms with Crippen LogP contribution in [0.4, 0.5) is 5.82 Å². The molecule has 2 rings (SSSR count). The first-order valence-corrected chi connectivity index (χ1v) is 4.83. The van der Waals surface area contributed by atoms with Crippen molar-refractivity contribution in [3.63, 3.8) is 0 Å². The Morgan fingerprint density at radius 2 is 2.20 bits per heavy atom. The molecule has 15 heavy (non-hydrogen) atoms. The van der Waals surface area contributed by atoms with E-state index >= 15 is 0 Å². The van der Waals surface area contributed by atoms with Crippen LogP contribution in [-0.2, 0) is 0 Å². The maximum absolute atomic E-state index is 4.23. The van der Waals surface area contributed by atoms with E-state index in [4.69, 9.17) is 0 Å². The molecule has 3 nitrogen and oxygen atoms in total. The van der Waals surface area contributed by atoms with Crippen LogP contribution in [-0.4, -0.2) is 24.1 Å². The number of nitrogens with one attached hydrogen (secondary N) is 2. The summed E-state index contributed by atoms with van der Waals surface area (Å²) in [6.07, 6.45) is 4.31. The normalized spacial score (nSPS) is 19.6. The number of anilines is 1. The highest BCUT2D eigenvalue weighted by Gasteiger charge is 2.11. The van der Waals surface area contributed by atoms with Gasteiger partial charge in [0.25, 0.3) is 0 Å². The number of pyridine rings is 1. The van der Waals surface area contributed by atoms with E-state index in [2.05, 4.69) is 15.6 Å². The molecule has 0 radical (unpaired) electrons. The quantitative estimate of drug-likeness (QED) is 0.843. The van der Waals surface area contributed by atoms with E-state index < -0.39 is 0 Å². The Kier molecular flexibility index (Phi) is 7.48. The van der Waals surface area contributed by atoms with E-state index in [-0.39, 0.29) is 24.8 Å². The van der Waals surface area contributed by atoms with Crippen molar-refractivity contribution in [3.8, 4) is 0 Å². The summed E-state index contributed by atoms with van der Waals surface area (Å²) in [4.78, 5) is 4.23. The van der Waals surface area contributed by atoms with Crippen LogP contribution < -0.4 is 10.6 Å². The fourth-order valence-corrected chi connectivity index (χ4v) is 1.63. The van der Waals surface area contributed by atoms with Gasteiger partial charge >= 0.3 is 0 Å². The largest absolute Gasteiger partial charge is 0.366 e. The molecular formula is C10H17Cl2N3. The minimum absolute atomic E-state index is 0. The topological polar surface area (TPSA) is 37.0 Å². The molecule has 0 unspecified atom stereocenters. The number of aromatic nitrogens is 1. The summed E-state index contributed by atoms with van der Waals surface area (Å²) < 4.78 is 0. The lowest BCUT2D eigenvalue weighted by Gasteiger charge is -2.24. The van der Waals surface area contributed by atoms with Crippen molar-refractivity contribution in [2.24, 2.45) is 0 Å². The Balaban J connectivity index is 0.000000980. The third-order valence-electron chi connectivity index (χ3n) is 2.31. The van der Waals surface area contributed by atoms with E-state index in [1.165, 1.54) is 12.8 Å². The van der Waals surface area contributed by atoms with Gasteiger partial charge in [0, 0.05) is 18.8 Å². The first-order chi connectivity index (χ1) is 6.45. The second-order valence-corrected chi connectivity index (χ2v) is 3.40. The number of halogens is 2. The first-order valence-electron chi connectivity index (χ1n) is 4.83. The Bertz CT molecular complexity index is 250. The van der Waals surface area contributed by atoms with Gasteiger partial charge in [-0.05, 0) is 31.5 Å². The van der Waals surface area contributed by atoms with E-state index in [0.29, 0.717) is 6.04 Å². The minimum atomic E-state index is 0. The van der Waals surface area contributed by atoms with Crippen molar-refractivity contribution in [2.45, 2.75) is 18.9 Å². The van der Waals surface area contributed by atoms with Gasteiger partial charge in [0.1, 0.15) is 5.82 Å². The zero-order valence-electron chi connectivity index (χ0n) is 8.48. The van der Waals surface area contributed by atoms with E-state index in [1.807, 2.05) is 24.4 Å². The lowest BCUT2D eigenvalue weighted by Crippen LogP contribution is -2.38. The molecule has 0 saturated carbocycles. The molecule has 1 saturated heterocycles. The molecule has 2 heterocycles. The van der Waals surface area contributed by atoms with Gasteiger partial charge in [0.05, 0.1) is 0 Å². The number of piperidine rings is 1. The van der Waals surface area contributed by atoms with Crippen LogP contribution >= 0.6 is 24.8 Å². The fourth-order valence-electron chi connectivity index (χ4n) is 1.63. The smallest absolute Gasteiger partial charge is 0.126 e. The average Bonchev–Trinajstić information content (AvgIpc) is 2.21. The molecule has 1 aromatic heterocycles. The molecule has 2 N–H and O–H groups in total. The van der Waals surface area contributed by atoms with Crippen LogP contribution in [0.3, 0.4) is 0 Å². The summed E-state index contributed by atoms with van der Waals surface area (Å²) in [5, 5.41) is 6.77. The van der Waals surface area contributed by atoms with Crippen LogP contribution in [0.25, 0.3) is 0 Å². The van der Waals surface area contributed by atoms with E-state index in [0.717, 1.165) is 18.9 Å². The number of rotatable bonds is 2. The summed E-state index contributed by atoms with van der Waals surface area (Å²) in [6.45, 7) is 2.21. The Labute approximate surface area is 103 Å². The molecule has 0 bridgehead atoms. The fraction of sp³-hybridized carbons (Fsp3) is 0.500. The zero-order valence-corrected chi connectivity index (χ0v) is 10.1. The molecule has 1 atom stereocenters.